The fourth-order valence-electron chi connectivity index (χ4n) is 1.73. The minimum Gasteiger partial charge on any atom is -0.858 e. The molecule has 0 bridgehead atoms. The van der Waals surface area contributed by atoms with Gasteiger partial charge in [-0.2, -0.15) is 26.0 Å². The summed E-state index contributed by atoms with van der Waals surface area (Å²) in [7, 11) is -9.85. The van der Waals surface area contributed by atoms with Crippen LogP contribution in [0.4, 0.5) is 13.2 Å². The van der Waals surface area contributed by atoms with Crippen LogP contribution < -0.4 is 5.11 Å². The molecule has 2 aromatic rings. The molecule has 11 heteroatoms. The lowest BCUT2D eigenvalue weighted by Gasteiger charge is -2.12. The van der Waals surface area contributed by atoms with E-state index in [0.717, 1.165) is 24.3 Å². The molecule has 0 N–H and O–H groups in total. The van der Waals surface area contributed by atoms with Crippen molar-refractivity contribution in [3.05, 3.63) is 60.2 Å². The van der Waals surface area contributed by atoms with Gasteiger partial charge in [0.15, 0.2) is 0 Å². The zero-order valence-corrected chi connectivity index (χ0v) is 13.8. The summed E-state index contributed by atoms with van der Waals surface area (Å²) in [6, 6.07) is 11.0. The van der Waals surface area contributed by atoms with Gasteiger partial charge in [-0.25, -0.2) is 8.42 Å². The van der Waals surface area contributed by atoms with E-state index in [-0.39, 0.29) is 9.79 Å². The Hall–Kier alpha value is -2.40. The van der Waals surface area contributed by atoms with E-state index in [9.17, 15) is 35.1 Å². The van der Waals surface area contributed by atoms with E-state index in [0.29, 0.717) is 0 Å². The Balaban J connectivity index is 2.38. The first kappa shape index (κ1) is 18.9. The zero-order chi connectivity index (χ0) is 18.9. The Bertz CT molecular complexity index is 997. The summed E-state index contributed by atoms with van der Waals surface area (Å²) in [6.45, 7) is 0. The van der Waals surface area contributed by atoms with Gasteiger partial charge >= 0.3 is 15.5 Å². The van der Waals surface area contributed by atoms with Crippen LogP contribution in [0.1, 0.15) is 5.56 Å². The van der Waals surface area contributed by atoms with Gasteiger partial charge in [-0.1, -0.05) is 30.3 Å². The molecule has 134 valence electrons. The summed E-state index contributed by atoms with van der Waals surface area (Å²) < 4.78 is 85.1. The summed E-state index contributed by atoms with van der Waals surface area (Å²) in [5.41, 5.74) is -6.20. The lowest BCUT2D eigenvalue weighted by molar-refractivity contribution is -0.212. The Kier molecular flexibility index (Phi) is 4.91. The average Bonchev–Trinajstić information content (AvgIpc) is 2.54. The van der Waals surface area contributed by atoms with Crippen LogP contribution >= 0.6 is 0 Å². The lowest BCUT2D eigenvalue weighted by atomic mass is 10.2. The van der Waals surface area contributed by atoms with Crippen LogP contribution in [0.25, 0.3) is 0 Å². The van der Waals surface area contributed by atoms with E-state index >= 15 is 0 Å². The van der Waals surface area contributed by atoms with Crippen LogP contribution in [-0.2, 0) is 19.9 Å². The number of hydrogen-bond acceptors (Lipinski definition) is 5. The highest BCUT2D eigenvalue weighted by Gasteiger charge is 2.45. The van der Waals surface area contributed by atoms with E-state index in [2.05, 4.69) is 4.40 Å². The highest BCUT2D eigenvalue weighted by molar-refractivity contribution is 7.91. The van der Waals surface area contributed by atoms with Crippen molar-refractivity contribution in [2.75, 3.05) is 0 Å². The van der Waals surface area contributed by atoms with Gasteiger partial charge in [-0.15, -0.1) is 0 Å². The normalized spacial score (nSPS) is 13.6. The van der Waals surface area contributed by atoms with Crippen LogP contribution in [0.3, 0.4) is 0 Å². The van der Waals surface area contributed by atoms with Gasteiger partial charge in [0.05, 0.1) is 9.79 Å². The lowest BCUT2D eigenvalue weighted by Crippen LogP contribution is -2.27. The molecule has 0 saturated heterocycles. The second kappa shape index (κ2) is 6.48. The molecule has 2 rings (SSSR count). The number of sulfone groups is 1. The zero-order valence-electron chi connectivity index (χ0n) is 12.1. The molecule has 0 aliphatic rings. The number of rotatable bonds is 4. The third-order valence-electron chi connectivity index (χ3n) is 2.96. The molecule has 0 heterocycles. The first-order chi connectivity index (χ1) is 11.4. The molecule has 0 saturated carbocycles. The van der Waals surface area contributed by atoms with Crippen molar-refractivity contribution in [1.29, 1.82) is 0 Å². The van der Waals surface area contributed by atoms with Gasteiger partial charge in [0, 0.05) is 5.90 Å². The largest absolute Gasteiger partial charge is 0.858 e. The Morgan fingerprint density at radius 1 is 0.840 bits per heavy atom. The van der Waals surface area contributed by atoms with Crippen LogP contribution in [0.2, 0.25) is 0 Å². The average molecular weight is 392 g/mol. The molecule has 0 aromatic heterocycles. The third kappa shape index (κ3) is 3.99. The van der Waals surface area contributed by atoms with Crippen molar-refractivity contribution in [1.82, 2.24) is 0 Å². The molecule has 0 atom stereocenters. The minimum atomic E-state index is -5.97. The SMILES string of the molecule is O=S(=O)(c1ccccc1)c1ccc(/C([O-])=N/S(=O)(=O)C(F)(F)F)cc1. The number of sulfonamides is 1. The van der Waals surface area contributed by atoms with E-state index in [1.54, 1.807) is 6.07 Å². The molecule has 0 aliphatic heterocycles. The smallest absolute Gasteiger partial charge is 0.518 e. The molecule has 0 fully saturated rings. The van der Waals surface area contributed by atoms with Crippen molar-refractivity contribution in [3.63, 3.8) is 0 Å². The second-order valence-electron chi connectivity index (χ2n) is 4.66. The Morgan fingerprint density at radius 3 is 1.80 bits per heavy atom. The molecular formula is C14H9F3NO5S2-. The number of nitrogens with zero attached hydrogens (tertiary/aromatic N) is 1. The Morgan fingerprint density at radius 2 is 1.32 bits per heavy atom. The summed E-state index contributed by atoms with van der Waals surface area (Å²) in [5, 5.41) is 11.5. The molecule has 0 radical (unpaired) electrons. The van der Waals surface area contributed by atoms with Crippen molar-refractivity contribution in [2.24, 2.45) is 4.40 Å². The van der Waals surface area contributed by atoms with Crippen molar-refractivity contribution in [2.45, 2.75) is 15.3 Å². The standard InChI is InChI=1S/C14H10F3NO5S2/c15-14(16,17)25(22,23)18-13(19)10-6-8-12(9-7-10)24(20,21)11-4-2-1-3-5-11/h1-9H,(H,18,19)/p-1. The monoisotopic (exact) mass is 392 g/mol. The topological polar surface area (TPSA) is 104 Å². The molecule has 0 unspecified atom stereocenters. The van der Waals surface area contributed by atoms with Gasteiger partial charge in [-0.05, 0) is 29.8 Å². The maximum Gasteiger partial charge on any atom is 0.518 e. The van der Waals surface area contributed by atoms with E-state index in [1.165, 1.54) is 24.3 Å². The van der Waals surface area contributed by atoms with Crippen LogP contribution in [0.5, 0.6) is 0 Å². The fourth-order valence-corrected chi connectivity index (χ4v) is 3.44. The highest BCUT2D eigenvalue weighted by atomic mass is 32.2. The van der Waals surface area contributed by atoms with E-state index in [4.69, 9.17) is 0 Å². The molecular weight excluding hydrogens is 383 g/mol. The van der Waals surface area contributed by atoms with Gasteiger partial charge < -0.3 is 5.11 Å². The molecule has 6 nitrogen and oxygen atoms in total. The molecule has 0 spiro atoms. The summed E-state index contributed by atoms with van der Waals surface area (Å²) in [5.74, 6) is -1.65. The fraction of sp³-hybridized carbons (Fsp3) is 0.0714. The van der Waals surface area contributed by atoms with E-state index < -0.39 is 36.8 Å². The summed E-state index contributed by atoms with van der Waals surface area (Å²) >= 11 is 0. The van der Waals surface area contributed by atoms with Crippen LogP contribution in [0.15, 0.2) is 68.8 Å². The molecule has 0 aliphatic carbocycles. The predicted octanol–water partition coefficient (Wildman–Crippen LogP) is 1.48. The van der Waals surface area contributed by atoms with Crippen LogP contribution in [-0.4, -0.2) is 28.2 Å². The van der Waals surface area contributed by atoms with Crippen LogP contribution in [0, 0.1) is 0 Å². The maximum atomic E-state index is 12.3. The van der Waals surface area contributed by atoms with Crippen molar-refractivity contribution >= 4 is 25.8 Å². The summed E-state index contributed by atoms with van der Waals surface area (Å²) in [6.07, 6.45) is 0. The van der Waals surface area contributed by atoms with E-state index in [1.807, 2.05) is 0 Å². The highest BCUT2D eigenvalue weighted by Crippen LogP contribution is 2.25. The van der Waals surface area contributed by atoms with Crippen molar-refractivity contribution in [3.8, 4) is 0 Å². The van der Waals surface area contributed by atoms with Gasteiger partial charge in [0.1, 0.15) is 0 Å². The van der Waals surface area contributed by atoms with Gasteiger partial charge in [0.25, 0.3) is 0 Å². The van der Waals surface area contributed by atoms with Crippen molar-refractivity contribution < 1.29 is 35.1 Å². The second-order valence-corrected chi connectivity index (χ2v) is 8.20. The van der Waals surface area contributed by atoms with Gasteiger partial charge in [0.2, 0.25) is 9.84 Å². The third-order valence-corrected chi connectivity index (χ3v) is 5.74. The predicted molar refractivity (Wildman–Crippen MR) is 79.8 cm³/mol. The van der Waals surface area contributed by atoms with Gasteiger partial charge in [-0.3, -0.25) is 0 Å². The number of benzene rings is 2. The first-order valence-electron chi connectivity index (χ1n) is 6.44. The quantitative estimate of drug-likeness (QED) is 0.579. The number of alkyl halides is 3. The Labute approximate surface area is 141 Å². The molecule has 0 amide bonds. The number of hydrogen-bond donors (Lipinski definition) is 0. The summed E-state index contributed by atoms with van der Waals surface area (Å²) in [4.78, 5) is -0.229. The molecule has 2 aromatic carbocycles. The minimum absolute atomic E-state index is 0.0154. The first-order valence-corrected chi connectivity index (χ1v) is 9.36. The molecule has 25 heavy (non-hydrogen) atoms. The maximum absolute atomic E-state index is 12.3. The number of halogens is 3.